The first kappa shape index (κ1) is 29.5. The molecule has 11 heteroatoms. The molecule has 10 nitrogen and oxygen atoms in total. The Hall–Kier alpha value is -2.03. The minimum absolute atomic E-state index is 0. The number of likely N-dealkylation sites (N-methyl/N-ethyl adjacent to an activating group) is 1. The molecule has 4 heterocycles. The largest absolute Gasteiger partial charge is 0.507 e. The number of amides is 1. The number of aryl methyl sites for hydroxylation is 1. The average Bonchev–Trinajstić information content (AvgIpc) is 3.39. The number of nitrogens with zero attached hydrogens (tertiary/aromatic N) is 2. The van der Waals surface area contributed by atoms with Gasteiger partial charge in [-0.1, -0.05) is 12.1 Å². The summed E-state index contributed by atoms with van der Waals surface area (Å²) in [5.41, 5.74) is 4.60. The number of fused-ring (bicyclic) bond motifs is 9. The number of piperazine rings is 1. The van der Waals surface area contributed by atoms with E-state index in [1.54, 1.807) is 27.0 Å². The van der Waals surface area contributed by atoms with Gasteiger partial charge in [0.1, 0.15) is 12.0 Å². The summed E-state index contributed by atoms with van der Waals surface area (Å²) in [6.07, 6.45) is 3.17. The number of nitrogens with one attached hydrogen (secondary N) is 1. The Morgan fingerprint density at radius 2 is 1.88 bits per heavy atom. The molecule has 6 rings (SSSR count). The molecular formula is C29H35AcN3O7. The van der Waals surface area contributed by atoms with E-state index in [1.165, 1.54) is 6.08 Å². The van der Waals surface area contributed by atoms with E-state index in [-0.39, 0.29) is 92.9 Å². The fourth-order valence-electron chi connectivity index (χ4n) is 7.26. The molecule has 4 aliphatic rings. The van der Waals surface area contributed by atoms with Crippen LogP contribution in [0.2, 0.25) is 0 Å². The number of benzene rings is 2. The number of allylic oxidation sites excluding steroid dienone is 1. The Morgan fingerprint density at radius 3 is 2.58 bits per heavy atom. The summed E-state index contributed by atoms with van der Waals surface area (Å²) in [5, 5.41) is 37.7. The van der Waals surface area contributed by atoms with Crippen molar-refractivity contribution < 1.29 is 78.4 Å². The number of aromatic hydroxyl groups is 2. The van der Waals surface area contributed by atoms with Gasteiger partial charge in [0.25, 0.3) is 0 Å². The number of hydrogen-bond acceptors (Lipinski definition) is 9. The number of rotatable bonds is 4. The smallest absolute Gasteiger partial charge is 0.243 e. The first-order valence-corrected chi connectivity index (χ1v) is 13.3. The van der Waals surface area contributed by atoms with Crippen LogP contribution in [-0.2, 0) is 17.6 Å². The van der Waals surface area contributed by atoms with Crippen molar-refractivity contribution >= 4 is 5.91 Å². The Bertz CT molecular complexity index is 1400. The normalized spacial score (nSPS) is 26.5. The topological polar surface area (TPSA) is 124 Å². The minimum Gasteiger partial charge on any atom is -0.507 e. The van der Waals surface area contributed by atoms with Crippen LogP contribution in [0.5, 0.6) is 28.7 Å². The van der Waals surface area contributed by atoms with Gasteiger partial charge in [-0.15, -0.1) is 0 Å². The molecule has 4 aliphatic heterocycles. The Morgan fingerprint density at radius 1 is 1.15 bits per heavy atom. The van der Waals surface area contributed by atoms with Crippen LogP contribution < -0.4 is 19.5 Å². The van der Waals surface area contributed by atoms with Crippen molar-refractivity contribution in [1.82, 2.24) is 15.1 Å². The summed E-state index contributed by atoms with van der Waals surface area (Å²) in [5.74, 6) is 1.45. The van der Waals surface area contributed by atoms with E-state index < -0.39 is 12.3 Å². The summed E-state index contributed by atoms with van der Waals surface area (Å²) in [6.45, 7) is 5.69. The van der Waals surface area contributed by atoms with Gasteiger partial charge < -0.3 is 34.8 Å². The first-order valence-electron chi connectivity index (χ1n) is 13.3. The van der Waals surface area contributed by atoms with Crippen molar-refractivity contribution in [2.24, 2.45) is 0 Å². The average molecular weight is 765 g/mol. The molecule has 4 N–H and O–H groups in total. The van der Waals surface area contributed by atoms with Crippen molar-refractivity contribution in [3.05, 3.63) is 51.6 Å². The van der Waals surface area contributed by atoms with E-state index in [9.17, 15) is 20.1 Å². The second-order valence-corrected chi connectivity index (χ2v) is 10.9. The molecule has 0 saturated carbocycles. The quantitative estimate of drug-likeness (QED) is 0.348. The van der Waals surface area contributed by atoms with Gasteiger partial charge >= 0.3 is 0 Å². The maximum Gasteiger partial charge on any atom is 0.243 e. The molecule has 2 aromatic carbocycles. The molecule has 0 spiro atoms. The number of aliphatic hydroxyl groups is 1. The zero-order chi connectivity index (χ0) is 27.7. The van der Waals surface area contributed by atoms with Gasteiger partial charge in [-0.05, 0) is 57.9 Å². The van der Waals surface area contributed by atoms with E-state index >= 15 is 0 Å². The number of carbonyl (C=O) groups excluding carboxylic acids is 1. The third-order valence-corrected chi connectivity index (χ3v) is 8.91. The van der Waals surface area contributed by atoms with Gasteiger partial charge in [-0.25, -0.2) is 0 Å². The van der Waals surface area contributed by atoms with Crippen LogP contribution in [0, 0.1) is 57.9 Å². The monoisotopic (exact) mass is 764 g/mol. The summed E-state index contributed by atoms with van der Waals surface area (Å²) in [4.78, 5) is 16.7. The molecule has 1 amide bonds. The summed E-state index contributed by atoms with van der Waals surface area (Å²) in [7, 11) is 3.51. The Labute approximate surface area is 269 Å². The zero-order valence-corrected chi connectivity index (χ0v) is 28.1. The molecule has 1 saturated heterocycles. The predicted molar refractivity (Wildman–Crippen MR) is 142 cm³/mol. The van der Waals surface area contributed by atoms with Crippen LogP contribution in [0.3, 0.4) is 0 Å². The van der Waals surface area contributed by atoms with E-state index in [0.29, 0.717) is 41.2 Å². The van der Waals surface area contributed by atoms with Crippen LogP contribution >= 0.6 is 0 Å². The van der Waals surface area contributed by atoms with Crippen LogP contribution in [0.15, 0.2) is 18.2 Å². The summed E-state index contributed by atoms with van der Waals surface area (Å²) in [6, 6.07) is 0.628. The number of carbonyl (C=O) groups is 1. The molecule has 5 atom stereocenters. The molecule has 40 heavy (non-hydrogen) atoms. The van der Waals surface area contributed by atoms with E-state index in [2.05, 4.69) is 10.2 Å². The van der Waals surface area contributed by atoms with Gasteiger partial charge in [0, 0.05) is 78.9 Å². The number of hydrogen-bond donors (Lipinski definition) is 4. The third-order valence-electron chi connectivity index (χ3n) is 8.91. The minimum atomic E-state index is -0.882. The first-order chi connectivity index (χ1) is 18.7. The van der Waals surface area contributed by atoms with Crippen LogP contribution in [-0.4, -0.2) is 76.8 Å². The summed E-state index contributed by atoms with van der Waals surface area (Å²) >= 11 is 0. The Balaban J connectivity index is 0.00000323. The SMILES string of the molecule is C/C=C/C(=O)NC[C@H]1c2c(c(O)c(C)c3c2OCO3)CC2[C@H]3c4c(cc(C)c(OC)c4O)C[C@@H]([C@H](O)N21)N3C.[Ac]. The van der Waals surface area contributed by atoms with Gasteiger partial charge in [0.05, 0.1) is 25.2 Å². The Kier molecular flexibility index (Phi) is 8.10. The molecule has 1 fully saturated rings. The molecule has 0 aliphatic carbocycles. The van der Waals surface area contributed by atoms with E-state index in [0.717, 1.165) is 22.3 Å². The second-order valence-electron chi connectivity index (χ2n) is 10.9. The van der Waals surface area contributed by atoms with Crippen molar-refractivity contribution in [3.63, 3.8) is 0 Å². The van der Waals surface area contributed by atoms with Crippen molar-refractivity contribution in [2.75, 3.05) is 27.5 Å². The van der Waals surface area contributed by atoms with Crippen LogP contribution in [0.1, 0.15) is 52.4 Å². The summed E-state index contributed by atoms with van der Waals surface area (Å²) < 4.78 is 17.2. The standard InChI is InChI=1S/C29H35N3O7.Ac/c1-6-7-20(33)30-11-19-22-16(24(34)14(3)27-28(22)39-12-38-27)10-17-23-21-15(8-13(2)26(37-5)25(21)35)9-18(31(23)4)29(36)32(17)19;/h6-8,17-19,23,29,34-36H,9-12H2,1-5H3,(H,30,33);/b7-6+;/t17?,18-,19-,23-,29-;/m0./s1. The van der Waals surface area contributed by atoms with Gasteiger partial charge in [-0.2, -0.15) is 0 Å². The van der Waals surface area contributed by atoms with Crippen molar-refractivity contribution in [3.8, 4) is 28.7 Å². The number of methoxy groups -OCH3 is 1. The van der Waals surface area contributed by atoms with Gasteiger partial charge in [0.15, 0.2) is 23.0 Å². The van der Waals surface area contributed by atoms with E-state index in [4.69, 9.17) is 14.2 Å². The maximum atomic E-state index is 12.5. The number of phenols is 2. The molecule has 1 radical (unpaired) electrons. The molecular weight excluding hydrogens is 729 g/mol. The maximum absolute atomic E-state index is 12.5. The molecule has 2 aromatic rings. The number of aliphatic hydroxyl groups excluding tert-OH is 1. The third kappa shape index (κ3) is 4.23. The van der Waals surface area contributed by atoms with E-state index in [1.807, 2.05) is 24.9 Å². The van der Waals surface area contributed by atoms with Crippen molar-refractivity contribution in [2.45, 2.75) is 64.0 Å². The fourth-order valence-corrected chi connectivity index (χ4v) is 7.26. The number of ether oxygens (including phenoxy) is 3. The molecule has 0 aromatic heterocycles. The second kappa shape index (κ2) is 11.0. The van der Waals surface area contributed by atoms with Crippen molar-refractivity contribution in [1.29, 1.82) is 0 Å². The fraction of sp³-hybridized carbons (Fsp3) is 0.483. The van der Waals surface area contributed by atoms with Crippen LogP contribution in [0.4, 0.5) is 0 Å². The molecule has 1 unspecified atom stereocenters. The molecule has 2 bridgehead atoms. The molecule has 211 valence electrons. The predicted octanol–water partition coefficient (Wildman–Crippen LogP) is 2.34. The van der Waals surface area contributed by atoms with Gasteiger partial charge in [-0.3, -0.25) is 14.6 Å². The van der Waals surface area contributed by atoms with Crippen LogP contribution in [0.25, 0.3) is 0 Å². The number of phenolic OH excluding ortho intramolecular Hbond substituents is 2. The zero-order valence-electron chi connectivity index (χ0n) is 23.4. The van der Waals surface area contributed by atoms with Gasteiger partial charge in [0.2, 0.25) is 12.7 Å².